The van der Waals surface area contributed by atoms with Crippen LogP contribution >= 0.6 is 11.6 Å². The van der Waals surface area contributed by atoms with Crippen molar-refractivity contribution >= 4 is 33.6 Å². The second-order valence-electron chi connectivity index (χ2n) is 7.05. The van der Waals surface area contributed by atoms with Crippen LogP contribution in [0.5, 0.6) is 11.5 Å². The zero-order valence-electron chi connectivity index (χ0n) is 17.6. The topological polar surface area (TPSA) is 77.0 Å². The molecular weight excluding hydrogens is 436 g/mol. The number of hydrogen-bond acceptors (Lipinski definition) is 6. The van der Waals surface area contributed by atoms with Gasteiger partial charge in [-0.1, -0.05) is 29.8 Å². The van der Waals surface area contributed by atoms with E-state index in [1.165, 1.54) is 13.2 Å². The summed E-state index contributed by atoms with van der Waals surface area (Å²) in [6, 6.07) is 15.6. The highest BCUT2D eigenvalue weighted by molar-refractivity contribution is 7.87. The van der Waals surface area contributed by atoms with Gasteiger partial charge in [-0.25, -0.2) is 0 Å². The molecule has 0 aliphatic carbocycles. The molecule has 0 aliphatic heterocycles. The second kappa shape index (κ2) is 9.41. The number of nitrogens with one attached hydrogen (secondary N) is 1. The van der Waals surface area contributed by atoms with Crippen LogP contribution in [0.1, 0.15) is 22.3 Å². The fourth-order valence-corrected chi connectivity index (χ4v) is 4.25. The molecule has 8 heteroatoms. The van der Waals surface area contributed by atoms with Crippen LogP contribution in [0.15, 0.2) is 64.6 Å². The molecule has 0 amide bonds. The monoisotopic (exact) mass is 458 g/mol. The average Bonchev–Trinajstić information content (AvgIpc) is 2.73. The van der Waals surface area contributed by atoms with E-state index in [0.717, 1.165) is 16.8 Å². The van der Waals surface area contributed by atoms with Crippen LogP contribution in [-0.2, 0) is 10.1 Å². The Labute approximate surface area is 187 Å². The molecule has 3 aromatic carbocycles. The number of aryl methyl sites for hydroxylation is 3. The van der Waals surface area contributed by atoms with Crippen LogP contribution in [-0.4, -0.2) is 21.7 Å². The normalized spacial score (nSPS) is 11.5. The van der Waals surface area contributed by atoms with E-state index in [1.54, 1.807) is 43.5 Å². The van der Waals surface area contributed by atoms with E-state index in [9.17, 15) is 8.42 Å². The van der Waals surface area contributed by atoms with Gasteiger partial charge in [0, 0.05) is 5.02 Å². The Kier molecular flexibility index (Phi) is 6.87. The summed E-state index contributed by atoms with van der Waals surface area (Å²) in [5.74, 6) is 0.370. The molecule has 31 heavy (non-hydrogen) atoms. The van der Waals surface area contributed by atoms with E-state index in [-0.39, 0.29) is 16.4 Å². The fraction of sp³-hybridized carbons (Fsp3) is 0.174. The Balaban J connectivity index is 1.79. The third-order valence-corrected chi connectivity index (χ3v) is 6.36. The number of nitrogens with zero attached hydrogens (tertiary/aromatic N) is 1. The number of benzene rings is 3. The van der Waals surface area contributed by atoms with Crippen molar-refractivity contribution in [2.75, 3.05) is 12.5 Å². The Morgan fingerprint density at radius 2 is 1.68 bits per heavy atom. The van der Waals surface area contributed by atoms with E-state index in [1.807, 2.05) is 32.0 Å². The van der Waals surface area contributed by atoms with Gasteiger partial charge in [-0.3, -0.25) is 5.43 Å². The van der Waals surface area contributed by atoms with Crippen LogP contribution in [0.4, 0.5) is 5.69 Å². The highest BCUT2D eigenvalue weighted by atomic mass is 35.5. The van der Waals surface area contributed by atoms with E-state index in [4.69, 9.17) is 20.5 Å². The smallest absolute Gasteiger partial charge is 0.339 e. The van der Waals surface area contributed by atoms with Gasteiger partial charge in [0.1, 0.15) is 4.90 Å². The Hall–Kier alpha value is -3.03. The van der Waals surface area contributed by atoms with Gasteiger partial charge >= 0.3 is 10.1 Å². The molecule has 0 bridgehead atoms. The molecule has 0 radical (unpaired) electrons. The molecule has 0 aromatic heterocycles. The first-order valence-electron chi connectivity index (χ1n) is 9.44. The molecule has 0 saturated heterocycles. The van der Waals surface area contributed by atoms with Gasteiger partial charge in [0.2, 0.25) is 0 Å². The average molecular weight is 459 g/mol. The number of methoxy groups -OCH3 is 1. The van der Waals surface area contributed by atoms with E-state index >= 15 is 0 Å². The summed E-state index contributed by atoms with van der Waals surface area (Å²) >= 11 is 6.11. The number of ether oxygens (including phenoxy) is 1. The van der Waals surface area contributed by atoms with Gasteiger partial charge in [-0.2, -0.15) is 13.5 Å². The van der Waals surface area contributed by atoms with Crippen LogP contribution in [0.25, 0.3) is 0 Å². The van der Waals surface area contributed by atoms with Crippen molar-refractivity contribution in [3.8, 4) is 11.5 Å². The summed E-state index contributed by atoms with van der Waals surface area (Å²) in [7, 11) is -2.57. The summed E-state index contributed by atoms with van der Waals surface area (Å²) in [5.41, 5.74) is 6.76. The minimum Gasteiger partial charge on any atom is -0.493 e. The highest BCUT2D eigenvalue weighted by Gasteiger charge is 2.21. The largest absolute Gasteiger partial charge is 0.493 e. The first kappa shape index (κ1) is 22.7. The summed E-state index contributed by atoms with van der Waals surface area (Å²) in [4.78, 5) is 0.126. The summed E-state index contributed by atoms with van der Waals surface area (Å²) in [6.45, 7) is 5.47. The molecule has 0 unspecified atom stereocenters. The molecular formula is C23H23ClN2O4S. The molecule has 0 saturated carbocycles. The van der Waals surface area contributed by atoms with Crippen molar-refractivity contribution in [1.82, 2.24) is 0 Å². The maximum atomic E-state index is 12.8. The number of anilines is 1. The molecule has 162 valence electrons. The first-order chi connectivity index (χ1) is 14.7. The molecule has 0 heterocycles. The standard InChI is InChI=1S/C23H23ClN2O4S/c1-15-5-6-17(3)23(11-15)31(27,28)30-21-10-8-18(12-22(21)29-4)14-25-26-19-9-7-16(2)20(24)13-19/h5-14,26H,1-4H3. The van der Waals surface area contributed by atoms with E-state index in [0.29, 0.717) is 16.1 Å². The maximum absolute atomic E-state index is 12.8. The molecule has 0 spiro atoms. The number of hydrazone groups is 1. The SMILES string of the molecule is COc1cc(C=NNc2ccc(C)c(Cl)c2)ccc1OS(=O)(=O)c1cc(C)ccc1C. The van der Waals surface area contributed by atoms with Gasteiger partial charge < -0.3 is 8.92 Å². The predicted molar refractivity (Wildman–Crippen MR) is 124 cm³/mol. The van der Waals surface area contributed by atoms with Gasteiger partial charge in [-0.05, 0) is 79.4 Å². The lowest BCUT2D eigenvalue weighted by Crippen LogP contribution is -2.12. The lowest BCUT2D eigenvalue weighted by molar-refractivity contribution is 0.390. The summed E-state index contributed by atoms with van der Waals surface area (Å²) in [5, 5.41) is 4.83. The zero-order chi connectivity index (χ0) is 22.6. The lowest BCUT2D eigenvalue weighted by Gasteiger charge is -2.13. The minimum atomic E-state index is -4.01. The van der Waals surface area contributed by atoms with Crippen LogP contribution in [0.2, 0.25) is 5.02 Å². The van der Waals surface area contributed by atoms with E-state index < -0.39 is 10.1 Å². The molecule has 1 N–H and O–H groups in total. The van der Waals surface area contributed by atoms with Crippen molar-refractivity contribution in [3.63, 3.8) is 0 Å². The third-order valence-electron chi connectivity index (χ3n) is 4.58. The molecule has 0 fully saturated rings. The van der Waals surface area contributed by atoms with Crippen LogP contribution < -0.4 is 14.3 Å². The lowest BCUT2D eigenvalue weighted by atomic mass is 10.2. The number of halogens is 1. The third kappa shape index (κ3) is 5.57. The molecule has 6 nitrogen and oxygen atoms in total. The highest BCUT2D eigenvalue weighted by Crippen LogP contribution is 2.31. The van der Waals surface area contributed by atoms with Gasteiger partial charge in [0.15, 0.2) is 11.5 Å². The van der Waals surface area contributed by atoms with Crippen LogP contribution in [0, 0.1) is 20.8 Å². The van der Waals surface area contributed by atoms with Crippen LogP contribution in [0.3, 0.4) is 0 Å². The first-order valence-corrected chi connectivity index (χ1v) is 11.2. The zero-order valence-corrected chi connectivity index (χ0v) is 19.2. The van der Waals surface area contributed by atoms with Crippen molar-refractivity contribution in [3.05, 3.63) is 81.9 Å². The number of rotatable bonds is 7. The minimum absolute atomic E-state index is 0.0961. The number of hydrogen-bond donors (Lipinski definition) is 1. The fourth-order valence-electron chi connectivity index (χ4n) is 2.82. The molecule has 3 aromatic rings. The van der Waals surface area contributed by atoms with Crippen molar-refractivity contribution in [1.29, 1.82) is 0 Å². The summed E-state index contributed by atoms with van der Waals surface area (Å²) < 4.78 is 36.3. The van der Waals surface area contributed by atoms with Crippen molar-refractivity contribution in [2.45, 2.75) is 25.7 Å². The Morgan fingerprint density at radius 3 is 2.39 bits per heavy atom. The second-order valence-corrected chi connectivity index (χ2v) is 8.97. The van der Waals surface area contributed by atoms with E-state index in [2.05, 4.69) is 10.5 Å². The Bertz CT molecular complexity index is 1240. The van der Waals surface area contributed by atoms with Crippen molar-refractivity contribution in [2.24, 2.45) is 5.10 Å². The maximum Gasteiger partial charge on any atom is 0.339 e. The molecule has 0 aliphatic rings. The van der Waals surface area contributed by atoms with Gasteiger partial charge in [0.05, 0.1) is 19.0 Å². The quantitative estimate of drug-likeness (QED) is 0.288. The Morgan fingerprint density at radius 1 is 0.935 bits per heavy atom. The van der Waals surface area contributed by atoms with Gasteiger partial charge in [-0.15, -0.1) is 0 Å². The predicted octanol–water partition coefficient (Wildman–Crippen LogP) is 5.49. The molecule has 3 rings (SSSR count). The molecule has 0 atom stereocenters. The van der Waals surface area contributed by atoms with Gasteiger partial charge in [0.25, 0.3) is 0 Å². The van der Waals surface area contributed by atoms with Crippen molar-refractivity contribution < 1.29 is 17.3 Å². The summed E-state index contributed by atoms with van der Waals surface area (Å²) in [6.07, 6.45) is 1.58.